The van der Waals surface area contributed by atoms with E-state index in [2.05, 4.69) is 9.72 Å². The first-order chi connectivity index (χ1) is 6.31. The molecular formula is C9H7NO2S. The highest BCUT2D eigenvalue weighted by atomic mass is 32.1. The molecule has 0 aromatic carbocycles. The molecule has 66 valence electrons. The maximum atomic E-state index is 11.1. The van der Waals surface area contributed by atoms with Crippen LogP contribution in [-0.2, 0) is 4.74 Å². The first-order valence-electron chi connectivity index (χ1n) is 3.73. The third-order valence-electron chi connectivity index (χ3n) is 1.73. The lowest BCUT2D eigenvalue weighted by atomic mass is 10.2. The van der Waals surface area contributed by atoms with Gasteiger partial charge in [0.15, 0.2) is 0 Å². The van der Waals surface area contributed by atoms with Gasteiger partial charge in [-0.2, -0.15) is 0 Å². The molecule has 0 spiro atoms. The number of pyridine rings is 1. The number of nitrogens with zero attached hydrogens (tertiary/aromatic N) is 1. The molecule has 0 radical (unpaired) electrons. The summed E-state index contributed by atoms with van der Waals surface area (Å²) in [6, 6.07) is 3.71. The molecule has 0 saturated carbocycles. The maximum Gasteiger partial charge on any atom is 0.339 e. The number of hydrogen-bond acceptors (Lipinski definition) is 4. The van der Waals surface area contributed by atoms with E-state index < -0.39 is 0 Å². The summed E-state index contributed by atoms with van der Waals surface area (Å²) >= 11 is 1.55. The lowest BCUT2D eigenvalue weighted by Gasteiger charge is -1.97. The van der Waals surface area contributed by atoms with Crippen molar-refractivity contribution < 1.29 is 9.53 Å². The standard InChI is InChI=1S/C9H7NO2S/c1-12-9(11)7-4-6-2-3-13-8(6)10-5-7/h2-5H,1H3. The molecule has 4 heteroatoms. The lowest BCUT2D eigenvalue weighted by Crippen LogP contribution is -2.00. The van der Waals surface area contributed by atoms with Crippen molar-refractivity contribution in [2.45, 2.75) is 0 Å². The molecule has 0 amide bonds. The second kappa shape index (κ2) is 3.14. The molecule has 2 aromatic rings. The second-order valence-corrected chi connectivity index (χ2v) is 3.43. The van der Waals surface area contributed by atoms with Gasteiger partial charge in [-0.05, 0) is 17.5 Å². The predicted octanol–water partition coefficient (Wildman–Crippen LogP) is 2.08. The van der Waals surface area contributed by atoms with E-state index in [1.165, 1.54) is 13.3 Å². The lowest BCUT2D eigenvalue weighted by molar-refractivity contribution is 0.0600. The average Bonchev–Trinajstić information content (AvgIpc) is 2.63. The van der Waals surface area contributed by atoms with Gasteiger partial charge in [-0.1, -0.05) is 0 Å². The molecule has 2 rings (SSSR count). The number of thiophene rings is 1. The van der Waals surface area contributed by atoms with Crippen LogP contribution in [0.25, 0.3) is 10.2 Å². The van der Waals surface area contributed by atoms with Crippen LogP contribution in [-0.4, -0.2) is 18.1 Å². The van der Waals surface area contributed by atoms with Crippen LogP contribution in [0.1, 0.15) is 10.4 Å². The Morgan fingerprint density at radius 3 is 3.23 bits per heavy atom. The Bertz CT molecular complexity index is 450. The summed E-state index contributed by atoms with van der Waals surface area (Å²) < 4.78 is 4.59. The monoisotopic (exact) mass is 193 g/mol. The predicted molar refractivity (Wildman–Crippen MR) is 51.0 cm³/mol. The third-order valence-corrected chi connectivity index (χ3v) is 2.56. The Hall–Kier alpha value is -1.42. The second-order valence-electron chi connectivity index (χ2n) is 2.53. The van der Waals surface area contributed by atoms with Gasteiger partial charge in [0.1, 0.15) is 4.83 Å². The highest BCUT2D eigenvalue weighted by Crippen LogP contribution is 2.19. The zero-order chi connectivity index (χ0) is 9.26. The normalized spacial score (nSPS) is 10.2. The van der Waals surface area contributed by atoms with Crippen LogP contribution >= 0.6 is 11.3 Å². The van der Waals surface area contributed by atoms with E-state index in [0.29, 0.717) is 5.56 Å². The molecule has 3 nitrogen and oxygen atoms in total. The maximum absolute atomic E-state index is 11.1. The number of methoxy groups -OCH3 is 1. The summed E-state index contributed by atoms with van der Waals surface area (Å²) in [6.07, 6.45) is 1.53. The van der Waals surface area contributed by atoms with Crippen molar-refractivity contribution in [3.63, 3.8) is 0 Å². The van der Waals surface area contributed by atoms with Crippen molar-refractivity contribution in [1.29, 1.82) is 0 Å². The Balaban J connectivity index is 2.54. The Labute approximate surface area is 79.0 Å². The van der Waals surface area contributed by atoms with Gasteiger partial charge in [0.25, 0.3) is 0 Å². The Kier molecular flexibility index (Phi) is 1.98. The summed E-state index contributed by atoms with van der Waals surface area (Å²) in [4.78, 5) is 16.2. The number of aromatic nitrogens is 1. The van der Waals surface area contributed by atoms with E-state index >= 15 is 0 Å². The zero-order valence-electron chi connectivity index (χ0n) is 6.98. The van der Waals surface area contributed by atoms with Gasteiger partial charge in [-0.3, -0.25) is 0 Å². The van der Waals surface area contributed by atoms with Gasteiger partial charge in [0.2, 0.25) is 0 Å². The van der Waals surface area contributed by atoms with Crippen LogP contribution in [0.2, 0.25) is 0 Å². The number of esters is 1. The smallest absolute Gasteiger partial charge is 0.339 e. The molecule has 2 heterocycles. The van der Waals surface area contributed by atoms with E-state index in [0.717, 1.165) is 10.2 Å². The van der Waals surface area contributed by atoms with E-state index in [1.54, 1.807) is 17.4 Å². The number of rotatable bonds is 1. The van der Waals surface area contributed by atoms with Gasteiger partial charge in [-0.15, -0.1) is 11.3 Å². The van der Waals surface area contributed by atoms with E-state index in [-0.39, 0.29) is 5.97 Å². The van der Waals surface area contributed by atoms with Gasteiger partial charge in [0, 0.05) is 11.6 Å². The Morgan fingerprint density at radius 2 is 2.46 bits per heavy atom. The van der Waals surface area contributed by atoms with Crippen molar-refractivity contribution in [2.75, 3.05) is 7.11 Å². The molecule has 0 bridgehead atoms. The first-order valence-corrected chi connectivity index (χ1v) is 4.61. The van der Waals surface area contributed by atoms with Crippen molar-refractivity contribution in [3.05, 3.63) is 29.3 Å². The summed E-state index contributed by atoms with van der Waals surface area (Å²) in [6.45, 7) is 0. The van der Waals surface area contributed by atoms with Crippen LogP contribution < -0.4 is 0 Å². The highest BCUT2D eigenvalue weighted by Gasteiger charge is 2.06. The molecule has 0 aliphatic carbocycles. The molecule has 13 heavy (non-hydrogen) atoms. The van der Waals surface area contributed by atoms with Gasteiger partial charge in [-0.25, -0.2) is 9.78 Å². The highest BCUT2D eigenvalue weighted by molar-refractivity contribution is 7.16. The molecule has 0 atom stereocenters. The molecule has 0 unspecified atom stereocenters. The van der Waals surface area contributed by atoms with E-state index in [4.69, 9.17) is 0 Å². The number of carbonyl (C=O) groups excluding carboxylic acids is 1. The number of fused-ring (bicyclic) bond motifs is 1. The molecular weight excluding hydrogens is 186 g/mol. The van der Waals surface area contributed by atoms with Gasteiger partial charge in [0.05, 0.1) is 12.7 Å². The molecule has 0 saturated heterocycles. The summed E-state index contributed by atoms with van der Waals surface area (Å²) in [5.41, 5.74) is 0.494. The van der Waals surface area contributed by atoms with Crippen LogP contribution in [0.5, 0.6) is 0 Å². The van der Waals surface area contributed by atoms with Crippen LogP contribution in [0, 0.1) is 0 Å². The van der Waals surface area contributed by atoms with Crippen molar-refractivity contribution in [1.82, 2.24) is 4.98 Å². The SMILES string of the molecule is COC(=O)c1cnc2sccc2c1. The van der Waals surface area contributed by atoms with E-state index in [9.17, 15) is 4.79 Å². The minimum Gasteiger partial charge on any atom is -0.465 e. The van der Waals surface area contributed by atoms with Gasteiger partial charge < -0.3 is 4.74 Å². The minimum atomic E-state index is -0.347. The fourth-order valence-corrected chi connectivity index (χ4v) is 1.81. The molecule has 0 fully saturated rings. The fraction of sp³-hybridized carbons (Fsp3) is 0.111. The summed E-state index contributed by atoms with van der Waals surface area (Å²) in [5.74, 6) is -0.347. The molecule has 0 aliphatic heterocycles. The summed E-state index contributed by atoms with van der Waals surface area (Å²) in [7, 11) is 1.36. The van der Waals surface area contributed by atoms with Crippen LogP contribution in [0.4, 0.5) is 0 Å². The molecule has 0 aliphatic rings. The topological polar surface area (TPSA) is 39.2 Å². The number of carbonyl (C=O) groups is 1. The molecule has 0 N–H and O–H groups in total. The average molecular weight is 193 g/mol. The van der Waals surface area contributed by atoms with Crippen molar-refractivity contribution in [3.8, 4) is 0 Å². The third kappa shape index (κ3) is 1.40. The number of ether oxygens (including phenoxy) is 1. The van der Waals surface area contributed by atoms with Crippen LogP contribution in [0.3, 0.4) is 0 Å². The van der Waals surface area contributed by atoms with Gasteiger partial charge >= 0.3 is 5.97 Å². The first kappa shape index (κ1) is 8.19. The van der Waals surface area contributed by atoms with E-state index in [1.807, 2.05) is 11.4 Å². The quantitative estimate of drug-likeness (QED) is 0.651. The fourth-order valence-electron chi connectivity index (χ4n) is 1.09. The van der Waals surface area contributed by atoms with Crippen molar-refractivity contribution >= 4 is 27.5 Å². The largest absolute Gasteiger partial charge is 0.465 e. The minimum absolute atomic E-state index is 0.347. The van der Waals surface area contributed by atoms with Crippen molar-refractivity contribution in [2.24, 2.45) is 0 Å². The molecule has 2 aromatic heterocycles. The number of hydrogen-bond donors (Lipinski definition) is 0. The zero-order valence-corrected chi connectivity index (χ0v) is 7.80. The van der Waals surface area contributed by atoms with Crippen LogP contribution in [0.15, 0.2) is 23.7 Å². The Morgan fingerprint density at radius 1 is 1.62 bits per heavy atom. The summed E-state index contributed by atoms with van der Waals surface area (Å²) in [5, 5.41) is 2.92.